The van der Waals surface area contributed by atoms with E-state index in [1.54, 1.807) is 23.5 Å². The fraction of sp³-hybridized carbons (Fsp3) is 0.571. The Kier molecular flexibility index (Phi) is 5.72. The van der Waals surface area contributed by atoms with Gasteiger partial charge in [-0.15, -0.1) is 0 Å². The number of hydrogen-bond acceptors (Lipinski definition) is 4. The first-order valence-electron chi connectivity index (χ1n) is 10.2. The minimum atomic E-state index is -0.292. The minimum absolute atomic E-state index is 0.180. The van der Waals surface area contributed by atoms with Crippen LogP contribution in [0.1, 0.15) is 56.4 Å². The van der Waals surface area contributed by atoms with Crippen LogP contribution in [0, 0.1) is 16.0 Å². The molecule has 1 aromatic heterocycles. The van der Waals surface area contributed by atoms with Crippen LogP contribution in [0.4, 0.5) is 5.69 Å². The molecular formula is C21H28N3O2S+. The molecule has 0 bridgehead atoms. The second-order valence-corrected chi connectivity index (χ2v) is 8.91. The van der Waals surface area contributed by atoms with E-state index in [0.717, 1.165) is 42.2 Å². The molecule has 0 radical (unpaired) electrons. The third-order valence-electron chi connectivity index (χ3n) is 5.96. The zero-order valence-corrected chi connectivity index (χ0v) is 16.6. The van der Waals surface area contributed by atoms with Crippen molar-refractivity contribution in [2.75, 3.05) is 13.1 Å². The zero-order valence-electron chi connectivity index (χ0n) is 15.8. The Bertz CT molecular complexity index is 833. The van der Waals surface area contributed by atoms with Crippen LogP contribution < -0.4 is 4.57 Å². The molecule has 0 spiro atoms. The van der Waals surface area contributed by atoms with Crippen molar-refractivity contribution in [3.8, 4) is 0 Å². The Morgan fingerprint density at radius 2 is 2.00 bits per heavy atom. The van der Waals surface area contributed by atoms with E-state index in [2.05, 4.69) is 21.7 Å². The Balaban J connectivity index is 1.59. The highest BCUT2D eigenvalue weighted by atomic mass is 32.1. The van der Waals surface area contributed by atoms with Crippen molar-refractivity contribution in [2.24, 2.45) is 5.92 Å². The van der Waals surface area contributed by atoms with E-state index < -0.39 is 0 Å². The topological polar surface area (TPSA) is 50.3 Å². The van der Waals surface area contributed by atoms with E-state index in [9.17, 15) is 10.1 Å². The number of aromatic nitrogens is 1. The maximum atomic E-state index is 11.2. The first-order valence-corrected chi connectivity index (χ1v) is 11.1. The summed E-state index contributed by atoms with van der Waals surface area (Å²) in [6.45, 7) is 3.21. The predicted octanol–water partition coefficient (Wildman–Crippen LogP) is 5.13. The summed E-state index contributed by atoms with van der Waals surface area (Å²) in [5.74, 6) is 0.883. The molecule has 2 aromatic rings. The average Bonchev–Trinajstić information content (AvgIpc) is 3.41. The molecule has 1 aromatic carbocycles. The number of nitro benzene ring substituents is 1. The van der Waals surface area contributed by atoms with Gasteiger partial charge >= 0.3 is 0 Å². The molecule has 1 saturated heterocycles. The number of nitrogens with zero attached hydrogens (tertiary/aromatic N) is 3. The fourth-order valence-corrected chi connectivity index (χ4v) is 5.52. The van der Waals surface area contributed by atoms with Crippen LogP contribution in [0.25, 0.3) is 16.3 Å². The van der Waals surface area contributed by atoms with Crippen molar-refractivity contribution in [1.29, 1.82) is 0 Å². The molecule has 0 atom stereocenters. The van der Waals surface area contributed by atoms with Crippen molar-refractivity contribution in [3.05, 3.63) is 39.5 Å². The molecule has 4 rings (SSSR count). The molecule has 0 amide bonds. The monoisotopic (exact) mass is 386 g/mol. The minimum Gasteiger partial charge on any atom is -0.377 e. The van der Waals surface area contributed by atoms with Gasteiger partial charge in [0.05, 0.1) is 11.0 Å². The van der Waals surface area contributed by atoms with Gasteiger partial charge in [-0.25, -0.2) is 0 Å². The molecule has 144 valence electrons. The summed E-state index contributed by atoms with van der Waals surface area (Å²) in [6.07, 6.45) is 14.9. The van der Waals surface area contributed by atoms with E-state index >= 15 is 0 Å². The third-order valence-corrected chi connectivity index (χ3v) is 7.09. The highest BCUT2D eigenvalue weighted by Gasteiger charge is 2.23. The van der Waals surface area contributed by atoms with Gasteiger partial charge in [0, 0.05) is 37.9 Å². The lowest BCUT2D eigenvalue weighted by Gasteiger charge is -2.09. The van der Waals surface area contributed by atoms with E-state index in [1.165, 1.54) is 50.0 Å². The molecule has 0 N–H and O–H groups in total. The van der Waals surface area contributed by atoms with Crippen molar-refractivity contribution < 1.29 is 9.49 Å². The smallest absolute Gasteiger partial charge is 0.276 e. The second-order valence-electron chi connectivity index (χ2n) is 7.85. The molecule has 2 aliphatic rings. The molecule has 5 nitrogen and oxygen atoms in total. The lowest BCUT2D eigenvalue weighted by atomic mass is 10.0. The molecule has 2 fully saturated rings. The first-order chi connectivity index (χ1) is 13.2. The van der Waals surface area contributed by atoms with Crippen LogP contribution in [0.2, 0.25) is 0 Å². The molecular weight excluding hydrogens is 358 g/mol. The van der Waals surface area contributed by atoms with Gasteiger partial charge in [0.15, 0.2) is 6.54 Å². The quantitative estimate of drug-likeness (QED) is 0.376. The average molecular weight is 387 g/mol. The molecule has 1 aliphatic carbocycles. The van der Waals surface area contributed by atoms with E-state index in [1.807, 2.05) is 6.07 Å². The van der Waals surface area contributed by atoms with Gasteiger partial charge in [0.2, 0.25) is 5.52 Å². The zero-order chi connectivity index (χ0) is 18.6. The van der Waals surface area contributed by atoms with Crippen molar-refractivity contribution >= 4 is 33.3 Å². The van der Waals surface area contributed by atoms with Gasteiger partial charge < -0.3 is 4.90 Å². The van der Waals surface area contributed by atoms with Gasteiger partial charge in [-0.2, -0.15) is 4.57 Å². The molecule has 6 heteroatoms. The van der Waals surface area contributed by atoms with Gasteiger partial charge in [-0.05, 0) is 31.2 Å². The highest BCUT2D eigenvalue weighted by Crippen LogP contribution is 2.29. The summed E-state index contributed by atoms with van der Waals surface area (Å²) in [5, 5.41) is 12.4. The standard InChI is InChI=1S/C21H28N3O2S/c25-24(26)18-9-10-20-19(16-18)23(14-5-8-17-6-1-2-7-17)21(27-20)11-15-22-12-3-4-13-22/h9-11,15-17H,1-8,12-14H2/q+1. The Hall–Kier alpha value is -1.95. The lowest BCUT2D eigenvalue weighted by molar-refractivity contribution is -0.669. The second kappa shape index (κ2) is 8.38. The number of non-ortho nitro benzene ring substituents is 1. The van der Waals surface area contributed by atoms with E-state index in [4.69, 9.17) is 0 Å². The molecule has 1 saturated carbocycles. The first kappa shape index (κ1) is 18.4. The number of aryl methyl sites for hydroxylation is 1. The number of benzene rings is 1. The molecule has 1 aliphatic heterocycles. The third kappa shape index (κ3) is 4.32. The molecule has 2 heterocycles. The van der Waals surface area contributed by atoms with E-state index in [-0.39, 0.29) is 10.6 Å². The van der Waals surface area contributed by atoms with E-state index in [0.29, 0.717) is 0 Å². The number of likely N-dealkylation sites (tertiary alicyclic amines) is 1. The van der Waals surface area contributed by atoms with Crippen molar-refractivity contribution in [1.82, 2.24) is 4.90 Å². The summed E-state index contributed by atoms with van der Waals surface area (Å²) in [6, 6.07) is 5.27. The molecule has 27 heavy (non-hydrogen) atoms. The summed E-state index contributed by atoms with van der Waals surface area (Å²) in [5.41, 5.74) is 1.18. The van der Waals surface area contributed by atoms with Crippen molar-refractivity contribution in [2.45, 2.75) is 57.9 Å². The lowest BCUT2D eigenvalue weighted by Crippen LogP contribution is -2.35. The largest absolute Gasteiger partial charge is 0.377 e. The predicted molar refractivity (Wildman–Crippen MR) is 110 cm³/mol. The normalized spacial score (nSPS) is 18.3. The maximum Gasteiger partial charge on any atom is 0.276 e. The van der Waals surface area contributed by atoms with Crippen LogP contribution in [0.5, 0.6) is 0 Å². The summed E-state index contributed by atoms with van der Waals surface area (Å²) >= 11 is 1.74. The summed E-state index contributed by atoms with van der Waals surface area (Å²) in [7, 11) is 0. The van der Waals surface area contributed by atoms with Crippen molar-refractivity contribution in [3.63, 3.8) is 0 Å². The highest BCUT2D eigenvalue weighted by molar-refractivity contribution is 7.18. The van der Waals surface area contributed by atoms with Crippen LogP contribution >= 0.6 is 11.3 Å². The number of rotatable bonds is 7. The van der Waals surface area contributed by atoms with Crippen LogP contribution in [-0.2, 0) is 6.54 Å². The SMILES string of the molecule is O=[N+]([O-])c1ccc2sc(/C=C/N3CCCC3)[n+](CCCC3CCCC3)c2c1. The van der Waals surface area contributed by atoms with Gasteiger partial charge in [0.25, 0.3) is 10.7 Å². The van der Waals surface area contributed by atoms with Crippen LogP contribution in [-0.4, -0.2) is 22.9 Å². The number of hydrogen-bond donors (Lipinski definition) is 0. The molecule has 0 unspecified atom stereocenters. The van der Waals surface area contributed by atoms with Crippen LogP contribution in [0.15, 0.2) is 24.4 Å². The van der Waals surface area contributed by atoms with Gasteiger partial charge in [-0.3, -0.25) is 10.1 Å². The Labute approximate surface area is 164 Å². The number of fused-ring (bicyclic) bond motifs is 1. The van der Waals surface area contributed by atoms with Gasteiger partial charge in [-0.1, -0.05) is 37.0 Å². The Morgan fingerprint density at radius 1 is 1.22 bits per heavy atom. The maximum absolute atomic E-state index is 11.2. The Morgan fingerprint density at radius 3 is 2.74 bits per heavy atom. The van der Waals surface area contributed by atoms with Crippen LogP contribution in [0.3, 0.4) is 0 Å². The number of thiazole rings is 1. The number of nitro groups is 1. The summed E-state index contributed by atoms with van der Waals surface area (Å²) in [4.78, 5) is 13.3. The fourth-order valence-electron chi connectivity index (χ4n) is 4.45. The van der Waals surface area contributed by atoms with Gasteiger partial charge in [0.1, 0.15) is 4.70 Å². The summed E-state index contributed by atoms with van der Waals surface area (Å²) < 4.78 is 3.43.